The highest BCUT2D eigenvalue weighted by Crippen LogP contribution is 2.27. The minimum absolute atomic E-state index is 0.633. The number of aryl methyl sites for hydroxylation is 1. The number of benzene rings is 3. The Hall–Kier alpha value is -3.66. The Labute approximate surface area is 163 Å². The van der Waals surface area contributed by atoms with E-state index in [1.807, 2.05) is 61.7 Å². The second kappa shape index (κ2) is 6.82. The third kappa shape index (κ3) is 2.99. The number of hydrogen-bond donors (Lipinski definition) is 0. The van der Waals surface area contributed by atoms with Crippen LogP contribution < -0.4 is 0 Å². The highest BCUT2D eigenvalue weighted by Gasteiger charge is 2.11. The summed E-state index contributed by atoms with van der Waals surface area (Å²) in [6.45, 7) is 1.91. The zero-order valence-corrected chi connectivity index (χ0v) is 15.5. The maximum absolute atomic E-state index is 4.94. The number of rotatable bonds is 3. The van der Waals surface area contributed by atoms with E-state index in [-0.39, 0.29) is 0 Å². The Bertz CT molecular complexity index is 1300. The van der Waals surface area contributed by atoms with E-state index in [0.29, 0.717) is 6.42 Å². The summed E-state index contributed by atoms with van der Waals surface area (Å²) in [5, 5.41) is 2.11. The standard InChI is InChI=1S/C24H18N4/c1-16-25-15-20-18(10-7-13-22(20)26-16)14-23-27-21-12-6-5-11-19(21)24(28-23)17-8-3-2-4-9-17/h2-13,15H,14H2,1H3. The van der Waals surface area contributed by atoms with Gasteiger partial charge in [-0.15, -0.1) is 0 Å². The predicted molar refractivity (Wildman–Crippen MR) is 112 cm³/mol. The Balaban J connectivity index is 1.66. The summed E-state index contributed by atoms with van der Waals surface area (Å²) in [5.41, 5.74) is 5.10. The van der Waals surface area contributed by atoms with E-state index in [2.05, 4.69) is 34.2 Å². The SMILES string of the molecule is Cc1ncc2c(Cc3nc(-c4ccccc4)c4ccccc4n3)cccc2n1. The fraction of sp³-hybridized carbons (Fsp3) is 0.0833. The normalized spacial score (nSPS) is 11.2. The van der Waals surface area contributed by atoms with Crippen LogP contribution in [0.25, 0.3) is 33.1 Å². The second-order valence-electron chi connectivity index (χ2n) is 6.82. The molecule has 5 aromatic rings. The van der Waals surface area contributed by atoms with Gasteiger partial charge in [-0.3, -0.25) is 0 Å². The molecule has 0 unspecified atom stereocenters. The van der Waals surface area contributed by atoms with Gasteiger partial charge in [0.25, 0.3) is 0 Å². The van der Waals surface area contributed by atoms with Crippen LogP contribution in [0.1, 0.15) is 17.2 Å². The Morgan fingerprint density at radius 3 is 2.32 bits per heavy atom. The summed E-state index contributed by atoms with van der Waals surface area (Å²) in [6, 6.07) is 24.6. The van der Waals surface area contributed by atoms with E-state index in [9.17, 15) is 0 Å². The van der Waals surface area contributed by atoms with Crippen molar-refractivity contribution in [3.63, 3.8) is 0 Å². The van der Waals surface area contributed by atoms with E-state index in [4.69, 9.17) is 9.97 Å². The molecule has 0 aliphatic rings. The molecule has 3 aromatic carbocycles. The van der Waals surface area contributed by atoms with E-state index >= 15 is 0 Å². The fourth-order valence-electron chi connectivity index (χ4n) is 3.55. The van der Waals surface area contributed by atoms with Gasteiger partial charge in [0.1, 0.15) is 11.6 Å². The van der Waals surface area contributed by atoms with Gasteiger partial charge < -0.3 is 0 Å². The number of nitrogens with zero attached hydrogens (tertiary/aromatic N) is 4. The number of aromatic nitrogens is 4. The molecular formula is C24H18N4. The summed E-state index contributed by atoms with van der Waals surface area (Å²) in [4.78, 5) is 18.7. The van der Waals surface area contributed by atoms with Crippen LogP contribution in [0.2, 0.25) is 0 Å². The van der Waals surface area contributed by atoms with Crippen molar-refractivity contribution in [2.45, 2.75) is 13.3 Å². The van der Waals surface area contributed by atoms with E-state index in [1.165, 1.54) is 0 Å². The van der Waals surface area contributed by atoms with Gasteiger partial charge in [-0.25, -0.2) is 19.9 Å². The number of hydrogen-bond acceptors (Lipinski definition) is 4. The quantitative estimate of drug-likeness (QED) is 0.446. The van der Waals surface area contributed by atoms with Crippen molar-refractivity contribution in [1.82, 2.24) is 19.9 Å². The molecule has 0 saturated heterocycles. The Kier molecular flexibility index (Phi) is 4.02. The number of fused-ring (bicyclic) bond motifs is 2. The lowest BCUT2D eigenvalue weighted by Gasteiger charge is -2.10. The van der Waals surface area contributed by atoms with Crippen LogP contribution >= 0.6 is 0 Å². The van der Waals surface area contributed by atoms with E-state index in [1.54, 1.807) is 0 Å². The summed E-state index contributed by atoms with van der Waals surface area (Å²) in [7, 11) is 0. The third-order valence-electron chi connectivity index (χ3n) is 4.88. The van der Waals surface area contributed by atoms with Crippen LogP contribution in [0.4, 0.5) is 0 Å². The zero-order valence-electron chi connectivity index (χ0n) is 15.5. The molecule has 134 valence electrons. The van der Waals surface area contributed by atoms with E-state index < -0.39 is 0 Å². The molecule has 0 radical (unpaired) electrons. The highest BCUT2D eigenvalue weighted by molar-refractivity contribution is 5.92. The molecule has 0 aliphatic heterocycles. The fourth-order valence-corrected chi connectivity index (χ4v) is 3.55. The van der Waals surface area contributed by atoms with Crippen molar-refractivity contribution in [1.29, 1.82) is 0 Å². The van der Waals surface area contributed by atoms with Gasteiger partial charge in [0.15, 0.2) is 0 Å². The van der Waals surface area contributed by atoms with Crippen LogP contribution in [0.15, 0.2) is 79.0 Å². The highest BCUT2D eigenvalue weighted by atomic mass is 14.9. The molecule has 0 spiro atoms. The lowest BCUT2D eigenvalue weighted by atomic mass is 10.0. The topological polar surface area (TPSA) is 51.6 Å². The van der Waals surface area contributed by atoms with Crippen molar-refractivity contribution < 1.29 is 0 Å². The van der Waals surface area contributed by atoms with Gasteiger partial charge in [0.2, 0.25) is 0 Å². The van der Waals surface area contributed by atoms with Crippen LogP contribution in [0, 0.1) is 6.92 Å². The van der Waals surface area contributed by atoms with E-state index in [0.717, 1.165) is 50.3 Å². The van der Waals surface area contributed by atoms with Crippen LogP contribution in [-0.4, -0.2) is 19.9 Å². The van der Waals surface area contributed by atoms with Crippen molar-refractivity contribution in [2.75, 3.05) is 0 Å². The average molecular weight is 362 g/mol. The minimum Gasteiger partial charge on any atom is -0.241 e. The zero-order chi connectivity index (χ0) is 18.9. The molecule has 4 nitrogen and oxygen atoms in total. The first-order valence-corrected chi connectivity index (χ1v) is 9.30. The monoisotopic (exact) mass is 362 g/mol. The van der Waals surface area contributed by atoms with Crippen LogP contribution in [0.3, 0.4) is 0 Å². The molecular weight excluding hydrogens is 344 g/mol. The second-order valence-corrected chi connectivity index (χ2v) is 6.82. The van der Waals surface area contributed by atoms with Crippen LogP contribution in [0.5, 0.6) is 0 Å². The molecule has 28 heavy (non-hydrogen) atoms. The summed E-state index contributed by atoms with van der Waals surface area (Å²) in [5.74, 6) is 1.57. The van der Waals surface area contributed by atoms with Gasteiger partial charge >= 0.3 is 0 Å². The molecule has 5 rings (SSSR count). The van der Waals surface area contributed by atoms with Crippen molar-refractivity contribution in [3.05, 3.63) is 96.2 Å². The summed E-state index contributed by atoms with van der Waals surface area (Å²) < 4.78 is 0. The van der Waals surface area contributed by atoms with Gasteiger partial charge in [-0.05, 0) is 24.6 Å². The summed E-state index contributed by atoms with van der Waals surface area (Å²) >= 11 is 0. The third-order valence-corrected chi connectivity index (χ3v) is 4.88. The molecule has 2 heterocycles. The summed E-state index contributed by atoms with van der Waals surface area (Å²) in [6.07, 6.45) is 2.53. The lowest BCUT2D eigenvalue weighted by Crippen LogP contribution is -2.01. The largest absolute Gasteiger partial charge is 0.241 e. The first kappa shape index (κ1) is 16.5. The van der Waals surface area contributed by atoms with Crippen molar-refractivity contribution in [2.24, 2.45) is 0 Å². The molecule has 2 aromatic heterocycles. The molecule has 0 fully saturated rings. The molecule has 0 saturated carbocycles. The molecule has 4 heteroatoms. The molecule has 0 amide bonds. The maximum Gasteiger partial charge on any atom is 0.134 e. The smallest absolute Gasteiger partial charge is 0.134 e. The first-order valence-electron chi connectivity index (χ1n) is 9.30. The molecule has 0 bridgehead atoms. The van der Waals surface area contributed by atoms with Crippen molar-refractivity contribution in [3.8, 4) is 11.3 Å². The average Bonchev–Trinajstić information content (AvgIpc) is 2.74. The molecule has 0 atom stereocenters. The van der Waals surface area contributed by atoms with Gasteiger partial charge in [-0.1, -0.05) is 60.7 Å². The predicted octanol–water partition coefficient (Wildman–Crippen LogP) is 5.14. The Morgan fingerprint density at radius 2 is 1.43 bits per heavy atom. The van der Waals surface area contributed by atoms with Gasteiger partial charge in [0, 0.05) is 29.0 Å². The van der Waals surface area contributed by atoms with Crippen molar-refractivity contribution >= 4 is 21.8 Å². The maximum atomic E-state index is 4.94. The van der Waals surface area contributed by atoms with Gasteiger partial charge in [-0.2, -0.15) is 0 Å². The molecule has 0 N–H and O–H groups in total. The Morgan fingerprint density at radius 1 is 0.679 bits per heavy atom. The molecule has 0 aliphatic carbocycles. The number of para-hydroxylation sites is 1. The minimum atomic E-state index is 0.633. The lowest BCUT2D eigenvalue weighted by molar-refractivity contribution is 0.998. The van der Waals surface area contributed by atoms with Crippen LogP contribution in [-0.2, 0) is 6.42 Å². The first-order chi connectivity index (χ1) is 13.8. The van der Waals surface area contributed by atoms with Gasteiger partial charge in [0.05, 0.1) is 16.7 Å².